The molecule has 2 saturated heterocycles. The van der Waals surface area contributed by atoms with Gasteiger partial charge in [-0.25, -0.2) is 9.50 Å². The molecule has 10 nitrogen and oxygen atoms in total. The molecule has 32 heavy (non-hydrogen) atoms. The minimum atomic E-state index is -0.252. The number of anilines is 3. The largest absolute Gasteiger partial charge is 0.350 e. The van der Waals surface area contributed by atoms with Crippen LogP contribution in [0.4, 0.5) is 17.6 Å². The van der Waals surface area contributed by atoms with E-state index in [1.165, 1.54) is 0 Å². The number of nitrogens with zero attached hydrogens (tertiary/aromatic N) is 6. The van der Waals surface area contributed by atoms with Gasteiger partial charge >= 0.3 is 0 Å². The van der Waals surface area contributed by atoms with Crippen LogP contribution in [0.3, 0.4) is 0 Å². The Morgan fingerprint density at radius 2 is 2.19 bits per heavy atom. The molecule has 5 rings (SSSR count). The maximum atomic E-state index is 13.1. The third-order valence-electron chi connectivity index (χ3n) is 6.28. The van der Waals surface area contributed by atoms with Gasteiger partial charge in [0.05, 0.1) is 6.33 Å². The number of imidazole rings is 1. The van der Waals surface area contributed by atoms with E-state index < -0.39 is 0 Å². The Bertz CT molecular complexity index is 1080. The highest BCUT2D eigenvalue weighted by Gasteiger charge is 2.34. The summed E-state index contributed by atoms with van der Waals surface area (Å²) in [6.07, 6.45) is 9.54. The highest BCUT2D eigenvalue weighted by molar-refractivity contribution is 5.86. The Balaban J connectivity index is 1.39. The summed E-state index contributed by atoms with van der Waals surface area (Å²) in [4.78, 5) is 24.4. The van der Waals surface area contributed by atoms with Gasteiger partial charge in [0.1, 0.15) is 17.4 Å². The van der Waals surface area contributed by atoms with Crippen LogP contribution in [0.5, 0.6) is 0 Å². The predicted molar refractivity (Wildman–Crippen MR) is 123 cm³/mol. The summed E-state index contributed by atoms with van der Waals surface area (Å²) in [6.45, 7) is 6.84. The van der Waals surface area contributed by atoms with Crippen LogP contribution < -0.4 is 20.9 Å². The van der Waals surface area contributed by atoms with E-state index in [1.807, 2.05) is 44.8 Å². The van der Waals surface area contributed by atoms with E-state index in [4.69, 9.17) is 10.1 Å². The fraction of sp³-hybridized carbons (Fsp3) is 0.545. The zero-order valence-electron chi connectivity index (χ0n) is 18.7. The van der Waals surface area contributed by atoms with Crippen LogP contribution in [0.1, 0.15) is 45.6 Å². The van der Waals surface area contributed by atoms with E-state index in [0.29, 0.717) is 17.8 Å². The standard InChI is InChI=1S/C22H31N9O/c1-15(2)29-13-19(24-14-29)26-20-17-7-5-11-31(17)28-22(27-20)30-10-4-8-18(30)21(32)25-16-6-3-9-23-12-16/h5,7,11,13-16,18,23H,3-4,6,8-10,12H2,1-2H3,(H,25,32)(H,26,27,28)/t16?,18-/m0/s1. The van der Waals surface area contributed by atoms with E-state index in [1.54, 1.807) is 0 Å². The second kappa shape index (κ2) is 8.78. The lowest BCUT2D eigenvalue weighted by atomic mass is 10.1. The lowest BCUT2D eigenvalue weighted by Crippen LogP contribution is -2.51. The molecule has 10 heteroatoms. The number of fused-ring (bicyclic) bond motifs is 1. The number of amides is 1. The average molecular weight is 438 g/mol. The van der Waals surface area contributed by atoms with Crippen molar-refractivity contribution in [2.24, 2.45) is 0 Å². The summed E-state index contributed by atoms with van der Waals surface area (Å²) in [6, 6.07) is 4.18. The van der Waals surface area contributed by atoms with Gasteiger partial charge in [0, 0.05) is 37.6 Å². The number of carbonyl (C=O) groups is 1. The molecule has 0 radical (unpaired) electrons. The quantitative estimate of drug-likeness (QED) is 0.542. The molecule has 3 aromatic rings. The van der Waals surface area contributed by atoms with Gasteiger partial charge in [-0.3, -0.25) is 4.79 Å². The second-order valence-corrected chi connectivity index (χ2v) is 8.93. The van der Waals surface area contributed by atoms with Gasteiger partial charge in [-0.05, 0) is 58.2 Å². The number of nitrogens with one attached hydrogen (secondary N) is 3. The first-order valence-electron chi connectivity index (χ1n) is 11.5. The third kappa shape index (κ3) is 4.14. The molecule has 170 valence electrons. The number of hydrogen-bond acceptors (Lipinski definition) is 7. The molecular formula is C22H31N9O. The number of piperidine rings is 1. The van der Waals surface area contributed by atoms with Crippen LogP contribution in [0.15, 0.2) is 30.9 Å². The fourth-order valence-electron chi connectivity index (χ4n) is 4.49. The smallest absolute Gasteiger partial charge is 0.246 e. The maximum Gasteiger partial charge on any atom is 0.246 e. The Morgan fingerprint density at radius 3 is 2.97 bits per heavy atom. The van der Waals surface area contributed by atoms with Crippen molar-refractivity contribution in [1.29, 1.82) is 0 Å². The molecule has 2 fully saturated rings. The van der Waals surface area contributed by atoms with E-state index >= 15 is 0 Å². The first-order valence-corrected chi connectivity index (χ1v) is 11.5. The maximum absolute atomic E-state index is 13.1. The molecule has 2 atom stereocenters. The van der Waals surface area contributed by atoms with E-state index in [9.17, 15) is 4.79 Å². The van der Waals surface area contributed by atoms with Crippen molar-refractivity contribution < 1.29 is 4.79 Å². The van der Waals surface area contributed by atoms with Crippen LogP contribution in [-0.4, -0.2) is 61.8 Å². The minimum Gasteiger partial charge on any atom is -0.350 e. The highest BCUT2D eigenvalue weighted by Crippen LogP contribution is 2.27. The van der Waals surface area contributed by atoms with Crippen molar-refractivity contribution in [3.05, 3.63) is 30.9 Å². The lowest BCUT2D eigenvalue weighted by molar-refractivity contribution is -0.123. The molecule has 0 aliphatic carbocycles. The summed E-state index contributed by atoms with van der Waals surface area (Å²) in [5.74, 6) is 2.03. The zero-order chi connectivity index (χ0) is 22.1. The van der Waals surface area contributed by atoms with Gasteiger partial charge in [0.2, 0.25) is 11.9 Å². The lowest BCUT2D eigenvalue weighted by Gasteiger charge is -2.28. The van der Waals surface area contributed by atoms with Gasteiger partial charge in [-0.1, -0.05) is 0 Å². The first kappa shape index (κ1) is 20.7. The van der Waals surface area contributed by atoms with Crippen molar-refractivity contribution in [2.75, 3.05) is 29.9 Å². The van der Waals surface area contributed by atoms with Gasteiger partial charge in [-0.15, -0.1) is 5.10 Å². The summed E-state index contributed by atoms with van der Waals surface area (Å²) in [7, 11) is 0. The summed E-state index contributed by atoms with van der Waals surface area (Å²) < 4.78 is 3.85. The van der Waals surface area contributed by atoms with Crippen molar-refractivity contribution >= 4 is 29.0 Å². The molecule has 0 saturated carbocycles. The first-order chi connectivity index (χ1) is 15.6. The predicted octanol–water partition coefficient (Wildman–Crippen LogP) is 2.09. The van der Waals surface area contributed by atoms with Crippen molar-refractivity contribution in [3.63, 3.8) is 0 Å². The number of carbonyl (C=O) groups excluding carboxylic acids is 1. The van der Waals surface area contributed by atoms with Gasteiger partial charge < -0.3 is 25.4 Å². The number of hydrogen-bond donors (Lipinski definition) is 3. The molecule has 3 aromatic heterocycles. The highest BCUT2D eigenvalue weighted by atomic mass is 16.2. The van der Waals surface area contributed by atoms with Gasteiger partial charge in [0.25, 0.3) is 0 Å². The third-order valence-corrected chi connectivity index (χ3v) is 6.28. The Kier molecular flexibility index (Phi) is 5.69. The van der Waals surface area contributed by atoms with Crippen molar-refractivity contribution in [1.82, 2.24) is 34.8 Å². The van der Waals surface area contributed by atoms with Crippen molar-refractivity contribution in [3.8, 4) is 0 Å². The number of aromatic nitrogens is 5. The molecule has 1 unspecified atom stereocenters. The molecule has 2 aliphatic heterocycles. The second-order valence-electron chi connectivity index (χ2n) is 8.93. The molecule has 0 aromatic carbocycles. The van der Waals surface area contributed by atoms with Crippen LogP contribution in [-0.2, 0) is 4.79 Å². The monoisotopic (exact) mass is 437 g/mol. The molecule has 1 amide bonds. The zero-order valence-corrected chi connectivity index (χ0v) is 18.7. The molecule has 0 bridgehead atoms. The Labute approximate surface area is 187 Å². The molecule has 0 spiro atoms. The van der Waals surface area contributed by atoms with Crippen LogP contribution in [0, 0.1) is 0 Å². The van der Waals surface area contributed by atoms with Crippen LogP contribution in [0.2, 0.25) is 0 Å². The van der Waals surface area contributed by atoms with E-state index in [2.05, 4.69) is 34.8 Å². The Hall–Kier alpha value is -3.14. The summed E-state index contributed by atoms with van der Waals surface area (Å²) in [5.41, 5.74) is 0.862. The molecule has 5 heterocycles. The summed E-state index contributed by atoms with van der Waals surface area (Å²) >= 11 is 0. The van der Waals surface area contributed by atoms with Gasteiger partial charge in [-0.2, -0.15) is 4.98 Å². The fourth-order valence-corrected chi connectivity index (χ4v) is 4.49. The Morgan fingerprint density at radius 1 is 1.28 bits per heavy atom. The summed E-state index contributed by atoms with van der Waals surface area (Å²) in [5, 5.41) is 14.6. The number of rotatable bonds is 6. The van der Waals surface area contributed by atoms with E-state index in [-0.39, 0.29) is 18.0 Å². The topological polar surface area (TPSA) is 104 Å². The molecule has 2 aliphatic rings. The van der Waals surface area contributed by atoms with Crippen molar-refractivity contribution in [2.45, 2.75) is 57.7 Å². The van der Waals surface area contributed by atoms with E-state index in [0.717, 1.165) is 56.7 Å². The normalized spacial score (nSPS) is 21.4. The van der Waals surface area contributed by atoms with Crippen LogP contribution >= 0.6 is 0 Å². The minimum absolute atomic E-state index is 0.0672. The van der Waals surface area contributed by atoms with Crippen LogP contribution in [0.25, 0.3) is 5.52 Å². The van der Waals surface area contributed by atoms with Gasteiger partial charge in [0.15, 0.2) is 5.82 Å². The molecular weight excluding hydrogens is 406 g/mol. The SMILES string of the molecule is CC(C)n1cnc(Nc2nc(N3CCC[C@H]3C(=O)NC3CCCNC3)nn3cccc23)c1. The average Bonchev–Trinajstić information content (AvgIpc) is 3.54. The molecule has 3 N–H and O–H groups in total.